The standard InChI is InChI=1S/C10H9ClF3NO2S/c11-8-3-6(10(12,13)14)1-2-9(8)18(16,17)7-4-15-5-7/h1-3,7,15H,4-5H2. The van der Waals surface area contributed by atoms with Crippen LogP contribution in [0.2, 0.25) is 5.02 Å². The van der Waals surface area contributed by atoms with Crippen LogP contribution < -0.4 is 5.32 Å². The number of rotatable bonds is 2. The van der Waals surface area contributed by atoms with Gasteiger partial charge in [0, 0.05) is 13.1 Å². The van der Waals surface area contributed by atoms with Crippen molar-refractivity contribution in [2.45, 2.75) is 16.3 Å². The highest BCUT2D eigenvalue weighted by molar-refractivity contribution is 7.92. The Morgan fingerprint density at radius 3 is 2.28 bits per heavy atom. The zero-order valence-electron chi connectivity index (χ0n) is 8.96. The first-order valence-corrected chi connectivity index (χ1v) is 6.97. The summed E-state index contributed by atoms with van der Waals surface area (Å²) in [7, 11) is -3.66. The van der Waals surface area contributed by atoms with E-state index in [1.807, 2.05) is 0 Å². The molecule has 1 fully saturated rings. The van der Waals surface area contributed by atoms with Crippen LogP contribution in [0.5, 0.6) is 0 Å². The Kier molecular flexibility index (Phi) is 3.33. The molecular weight excluding hydrogens is 291 g/mol. The number of halogens is 4. The second kappa shape index (κ2) is 4.40. The smallest absolute Gasteiger partial charge is 0.314 e. The van der Waals surface area contributed by atoms with Crippen LogP contribution in [0.1, 0.15) is 5.56 Å². The predicted octanol–water partition coefficient (Wildman–Crippen LogP) is 2.10. The van der Waals surface area contributed by atoms with Gasteiger partial charge in [0.25, 0.3) is 0 Å². The van der Waals surface area contributed by atoms with Gasteiger partial charge in [0.1, 0.15) is 0 Å². The van der Waals surface area contributed by atoms with E-state index < -0.39 is 31.8 Å². The van der Waals surface area contributed by atoms with E-state index in [-0.39, 0.29) is 4.90 Å². The van der Waals surface area contributed by atoms with Gasteiger partial charge in [0.15, 0.2) is 9.84 Å². The van der Waals surface area contributed by atoms with Crippen LogP contribution in [0.3, 0.4) is 0 Å². The average molecular weight is 300 g/mol. The molecule has 0 bridgehead atoms. The van der Waals surface area contributed by atoms with Gasteiger partial charge in [0.2, 0.25) is 0 Å². The van der Waals surface area contributed by atoms with Gasteiger partial charge >= 0.3 is 6.18 Å². The number of hydrogen-bond acceptors (Lipinski definition) is 3. The van der Waals surface area contributed by atoms with Crippen molar-refractivity contribution in [3.63, 3.8) is 0 Å². The summed E-state index contributed by atoms with van der Waals surface area (Å²) < 4.78 is 61.2. The molecule has 0 amide bonds. The Morgan fingerprint density at radius 2 is 1.89 bits per heavy atom. The highest BCUT2D eigenvalue weighted by Crippen LogP contribution is 2.34. The number of hydrogen-bond donors (Lipinski definition) is 1. The fraction of sp³-hybridized carbons (Fsp3) is 0.400. The quantitative estimate of drug-likeness (QED) is 0.910. The molecule has 3 nitrogen and oxygen atoms in total. The van der Waals surface area contributed by atoms with Gasteiger partial charge in [-0.25, -0.2) is 8.42 Å². The van der Waals surface area contributed by atoms with E-state index in [9.17, 15) is 21.6 Å². The molecular formula is C10H9ClF3NO2S. The van der Waals surface area contributed by atoms with Crippen LogP contribution in [0.25, 0.3) is 0 Å². The molecule has 1 aromatic carbocycles. The highest BCUT2D eigenvalue weighted by atomic mass is 35.5. The summed E-state index contributed by atoms with van der Waals surface area (Å²) in [5.41, 5.74) is -0.960. The Hall–Kier alpha value is -0.790. The maximum atomic E-state index is 12.4. The Balaban J connectivity index is 2.42. The molecule has 0 aromatic heterocycles. The summed E-state index contributed by atoms with van der Waals surface area (Å²) >= 11 is 5.65. The third-order valence-electron chi connectivity index (χ3n) is 2.75. The number of sulfone groups is 1. The Bertz CT molecular complexity index is 567. The van der Waals surface area contributed by atoms with E-state index in [1.54, 1.807) is 0 Å². The summed E-state index contributed by atoms with van der Waals surface area (Å²) in [4.78, 5) is -0.247. The van der Waals surface area contributed by atoms with Crippen molar-refractivity contribution in [3.8, 4) is 0 Å². The van der Waals surface area contributed by atoms with Crippen LogP contribution in [-0.2, 0) is 16.0 Å². The van der Waals surface area contributed by atoms with Crippen molar-refractivity contribution in [3.05, 3.63) is 28.8 Å². The van der Waals surface area contributed by atoms with E-state index in [0.717, 1.165) is 12.1 Å². The lowest BCUT2D eigenvalue weighted by molar-refractivity contribution is -0.137. The lowest BCUT2D eigenvalue weighted by Gasteiger charge is -2.27. The molecule has 0 unspecified atom stereocenters. The van der Waals surface area contributed by atoms with Crippen molar-refractivity contribution in [2.24, 2.45) is 0 Å². The van der Waals surface area contributed by atoms with E-state index in [4.69, 9.17) is 11.6 Å². The summed E-state index contributed by atoms with van der Waals surface area (Å²) in [6.07, 6.45) is -4.54. The van der Waals surface area contributed by atoms with Crippen molar-refractivity contribution >= 4 is 21.4 Å². The van der Waals surface area contributed by atoms with Crippen molar-refractivity contribution in [1.82, 2.24) is 5.32 Å². The van der Waals surface area contributed by atoms with Gasteiger partial charge in [-0.1, -0.05) is 11.6 Å². The summed E-state index contributed by atoms with van der Waals surface area (Å²) in [6.45, 7) is 0.583. The maximum Gasteiger partial charge on any atom is 0.416 e. The molecule has 1 aliphatic rings. The fourth-order valence-corrected chi connectivity index (χ4v) is 3.69. The molecule has 8 heteroatoms. The molecule has 0 aliphatic carbocycles. The third-order valence-corrected chi connectivity index (χ3v) is 5.35. The molecule has 18 heavy (non-hydrogen) atoms. The minimum absolute atomic E-state index is 0.247. The van der Waals surface area contributed by atoms with Crippen LogP contribution >= 0.6 is 11.6 Å². The molecule has 1 aromatic rings. The van der Waals surface area contributed by atoms with Gasteiger partial charge in [-0.15, -0.1) is 0 Å². The van der Waals surface area contributed by atoms with Crippen LogP contribution in [0, 0.1) is 0 Å². The van der Waals surface area contributed by atoms with E-state index in [2.05, 4.69) is 5.32 Å². The first-order chi connectivity index (χ1) is 8.23. The van der Waals surface area contributed by atoms with Crippen molar-refractivity contribution in [2.75, 3.05) is 13.1 Å². The molecule has 100 valence electrons. The zero-order valence-corrected chi connectivity index (χ0v) is 10.5. The monoisotopic (exact) mass is 299 g/mol. The molecule has 1 saturated heterocycles. The topological polar surface area (TPSA) is 46.2 Å². The van der Waals surface area contributed by atoms with Gasteiger partial charge < -0.3 is 5.32 Å². The van der Waals surface area contributed by atoms with E-state index in [0.29, 0.717) is 19.2 Å². The van der Waals surface area contributed by atoms with E-state index >= 15 is 0 Å². The number of alkyl halides is 3. The normalized spacial score (nSPS) is 17.6. The lowest BCUT2D eigenvalue weighted by Crippen LogP contribution is -2.51. The minimum Gasteiger partial charge on any atom is -0.314 e. The third kappa shape index (κ3) is 2.34. The van der Waals surface area contributed by atoms with Crippen LogP contribution in [-0.4, -0.2) is 26.8 Å². The highest BCUT2D eigenvalue weighted by Gasteiger charge is 2.36. The largest absolute Gasteiger partial charge is 0.416 e. The zero-order chi connectivity index (χ0) is 13.6. The summed E-state index contributed by atoms with van der Waals surface area (Å²) in [6, 6.07) is 2.28. The number of nitrogens with one attached hydrogen (secondary N) is 1. The van der Waals surface area contributed by atoms with E-state index in [1.165, 1.54) is 0 Å². The van der Waals surface area contributed by atoms with Crippen LogP contribution in [0.4, 0.5) is 13.2 Å². The Morgan fingerprint density at radius 1 is 1.28 bits per heavy atom. The van der Waals surface area contributed by atoms with Crippen molar-refractivity contribution in [1.29, 1.82) is 0 Å². The molecule has 0 radical (unpaired) electrons. The summed E-state index contributed by atoms with van der Waals surface area (Å²) in [5.74, 6) is 0. The molecule has 1 aliphatic heterocycles. The second-order valence-corrected chi connectivity index (χ2v) is 6.57. The maximum absolute atomic E-state index is 12.4. The molecule has 0 atom stereocenters. The molecule has 0 saturated carbocycles. The lowest BCUT2D eigenvalue weighted by atomic mass is 10.2. The minimum atomic E-state index is -4.54. The molecule has 1 heterocycles. The molecule has 2 rings (SSSR count). The van der Waals surface area contributed by atoms with Gasteiger partial charge in [-0.2, -0.15) is 13.2 Å². The average Bonchev–Trinajstić information content (AvgIpc) is 2.11. The molecule has 1 N–H and O–H groups in total. The SMILES string of the molecule is O=S(=O)(c1ccc(C(F)(F)F)cc1Cl)C1CNC1. The van der Waals surface area contributed by atoms with Crippen LogP contribution in [0.15, 0.2) is 23.1 Å². The second-order valence-electron chi connectivity index (χ2n) is 3.97. The van der Waals surface area contributed by atoms with Crippen molar-refractivity contribution < 1.29 is 21.6 Å². The molecule has 0 spiro atoms. The first-order valence-electron chi connectivity index (χ1n) is 5.04. The first kappa shape index (κ1) is 13.6. The Labute approximate surface area is 107 Å². The van der Waals surface area contributed by atoms with Gasteiger partial charge in [-0.05, 0) is 18.2 Å². The van der Waals surface area contributed by atoms with Gasteiger partial charge in [-0.3, -0.25) is 0 Å². The number of benzene rings is 1. The predicted molar refractivity (Wildman–Crippen MR) is 60.3 cm³/mol. The van der Waals surface area contributed by atoms with Gasteiger partial charge in [0.05, 0.1) is 20.7 Å². The summed E-state index contributed by atoms with van der Waals surface area (Å²) in [5, 5.41) is 1.78. The fourth-order valence-electron chi connectivity index (χ4n) is 1.57.